The van der Waals surface area contributed by atoms with E-state index in [0.29, 0.717) is 30.3 Å². The number of amides is 2. The van der Waals surface area contributed by atoms with E-state index < -0.39 is 0 Å². The number of hydrogen-bond donors (Lipinski definition) is 0. The Labute approximate surface area is 131 Å². The Hall–Kier alpha value is -1.84. The first-order chi connectivity index (χ1) is 10.7. The van der Waals surface area contributed by atoms with Crippen LogP contribution in [0.2, 0.25) is 0 Å². The predicted molar refractivity (Wildman–Crippen MR) is 83.3 cm³/mol. The Morgan fingerprint density at radius 1 is 1.05 bits per heavy atom. The second-order valence-corrected chi connectivity index (χ2v) is 6.80. The van der Waals surface area contributed by atoms with E-state index in [0.717, 1.165) is 31.5 Å². The Morgan fingerprint density at radius 3 is 2.55 bits per heavy atom. The number of benzene rings is 1. The fourth-order valence-electron chi connectivity index (χ4n) is 4.07. The quantitative estimate of drug-likeness (QED) is 0.840. The first kappa shape index (κ1) is 13.8. The van der Waals surface area contributed by atoms with Gasteiger partial charge < -0.3 is 9.80 Å². The standard InChI is InChI=1S/C18H22N2O2/c21-17-9-6-14-12-19(18(22)13-4-2-1-3-5-13)11-10-16(14)20(17)15-7-8-15/h1-5,14-16H,6-12H2. The first-order valence-corrected chi connectivity index (χ1v) is 8.39. The molecule has 0 radical (unpaired) electrons. The van der Waals surface area contributed by atoms with E-state index in [-0.39, 0.29) is 5.91 Å². The maximum atomic E-state index is 12.6. The lowest BCUT2D eigenvalue weighted by atomic mass is 9.83. The summed E-state index contributed by atoms with van der Waals surface area (Å²) in [5.41, 5.74) is 0.770. The van der Waals surface area contributed by atoms with Gasteiger partial charge in [0.2, 0.25) is 5.91 Å². The van der Waals surface area contributed by atoms with Crippen LogP contribution in [0.5, 0.6) is 0 Å². The highest BCUT2D eigenvalue weighted by Crippen LogP contribution is 2.39. The molecule has 0 spiro atoms. The third-order valence-electron chi connectivity index (χ3n) is 5.32. The Balaban J connectivity index is 1.48. The average molecular weight is 298 g/mol. The number of likely N-dealkylation sites (tertiary alicyclic amines) is 2. The van der Waals surface area contributed by atoms with Crippen molar-refractivity contribution in [2.75, 3.05) is 13.1 Å². The molecule has 3 aliphatic rings. The molecular formula is C18H22N2O2. The summed E-state index contributed by atoms with van der Waals surface area (Å²) < 4.78 is 0. The summed E-state index contributed by atoms with van der Waals surface area (Å²) in [5.74, 6) is 0.931. The van der Waals surface area contributed by atoms with Crippen LogP contribution >= 0.6 is 0 Å². The third kappa shape index (κ3) is 2.40. The highest BCUT2D eigenvalue weighted by molar-refractivity contribution is 5.94. The van der Waals surface area contributed by atoms with E-state index in [1.54, 1.807) is 0 Å². The van der Waals surface area contributed by atoms with Crippen molar-refractivity contribution in [2.45, 2.75) is 44.2 Å². The summed E-state index contributed by atoms with van der Waals surface area (Å²) in [6, 6.07) is 10.4. The van der Waals surface area contributed by atoms with Gasteiger partial charge in [-0.3, -0.25) is 9.59 Å². The fraction of sp³-hybridized carbons (Fsp3) is 0.556. The minimum Gasteiger partial charge on any atom is -0.338 e. The van der Waals surface area contributed by atoms with Crippen LogP contribution in [0.1, 0.15) is 42.5 Å². The van der Waals surface area contributed by atoms with Gasteiger partial charge in [-0.05, 0) is 43.7 Å². The highest BCUT2D eigenvalue weighted by atomic mass is 16.2. The van der Waals surface area contributed by atoms with Gasteiger partial charge >= 0.3 is 0 Å². The van der Waals surface area contributed by atoms with Gasteiger partial charge in [0.25, 0.3) is 5.91 Å². The van der Waals surface area contributed by atoms with Crippen molar-refractivity contribution in [3.8, 4) is 0 Å². The Kier molecular flexibility index (Phi) is 3.40. The number of fused-ring (bicyclic) bond motifs is 1. The van der Waals surface area contributed by atoms with Crippen molar-refractivity contribution >= 4 is 11.8 Å². The summed E-state index contributed by atoms with van der Waals surface area (Å²) in [5, 5.41) is 0. The van der Waals surface area contributed by atoms with E-state index in [9.17, 15) is 9.59 Å². The minimum absolute atomic E-state index is 0.133. The monoisotopic (exact) mass is 298 g/mol. The van der Waals surface area contributed by atoms with Crippen LogP contribution in [-0.4, -0.2) is 46.8 Å². The number of hydrogen-bond acceptors (Lipinski definition) is 2. The molecule has 0 bridgehead atoms. The zero-order valence-corrected chi connectivity index (χ0v) is 12.8. The third-order valence-corrected chi connectivity index (χ3v) is 5.32. The predicted octanol–water partition coefficient (Wildman–Crippen LogP) is 2.30. The van der Waals surface area contributed by atoms with Crippen LogP contribution in [-0.2, 0) is 4.79 Å². The number of nitrogens with zero attached hydrogens (tertiary/aromatic N) is 2. The largest absolute Gasteiger partial charge is 0.338 e. The molecule has 4 heteroatoms. The molecule has 2 saturated heterocycles. The average Bonchev–Trinajstić information content (AvgIpc) is 3.39. The smallest absolute Gasteiger partial charge is 0.253 e. The summed E-state index contributed by atoms with van der Waals surface area (Å²) in [6.07, 6.45) is 4.87. The molecule has 22 heavy (non-hydrogen) atoms. The van der Waals surface area contributed by atoms with Crippen LogP contribution in [0.4, 0.5) is 0 Å². The number of carbonyl (C=O) groups excluding carboxylic acids is 2. The van der Waals surface area contributed by atoms with Crippen molar-refractivity contribution in [3.63, 3.8) is 0 Å². The van der Waals surface area contributed by atoms with Gasteiger partial charge in [0.05, 0.1) is 0 Å². The second-order valence-electron chi connectivity index (χ2n) is 6.80. The van der Waals surface area contributed by atoms with Crippen LogP contribution < -0.4 is 0 Å². The Morgan fingerprint density at radius 2 is 1.82 bits per heavy atom. The summed E-state index contributed by atoms with van der Waals surface area (Å²) >= 11 is 0. The summed E-state index contributed by atoms with van der Waals surface area (Å²) in [7, 11) is 0. The first-order valence-electron chi connectivity index (χ1n) is 8.39. The Bertz CT molecular complexity index is 582. The van der Waals surface area contributed by atoms with E-state index in [4.69, 9.17) is 0 Å². The van der Waals surface area contributed by atoms with Gasteiger partial charge in [0, 0.05) is 37.2 Å². The van der Waals surface area contributed by atoms with Crippen molar-refractivity contribution in [3.05, 3.63) is 35.9 Å². The van der Waals surface area contributed by atoms with Crippen molar-refractivity contribution in [1.82, 2.24) is 9.80 Å². The molecule has 0 aromatic heterocycles. The van der Waals surface area contributed by atoms with Crippen molar-refractivity contribution < 1.29 is 9.59 Å². The molecule has 4 nitrogen and oxygen atoms in total. The normalized spacial score (nSPS) is 28.5. The van der Waals surface area contributed by atoms with Gasteiger partial charge in [-0.15, -0.1) is 0 Å². The molecule has 1 aliphatic carbocycles. The lowest BCUT2D eigenvalue weighted by Gasteiger charge is -2.47. The van der Waals surface area contributed by atoms with Crippen molar-refractivity contribution in [2.24, 2.45) is 5.92 Å². The molecule has 0 N–H and O–H groups in total. The van der Waals surface area contributed by atoms with E-state index in [2.05, 4.69) is 4.90 Å². The maximum absolute atomic E-state index is 12.6. The van der Waals surface area contributed by atoms with Gasteiger partial charge in [-0.25, -0.2) is 0 Å². The topological polar surface area (TPSA) is 40.6 Å². The van der Waals surface area contributed by atoms with Gasteiger partial charge in [0.1, 0.15) is 0 Å². The molecule has 1 aromatic rings. The molecule has 2 atom stereocenters. The molecule has 4 rings (SSSR count). The molecule has 1 aromatic carbocycles. The van der Waals surface area contributed by atoms with Crippen LogP contribution in [0.25, 0.3) is 0 Å². The van der Waals surface area contributed by atoms with E-state index in [1.807, 2.05) is 35.2 Å². The summed E-state index contributed by atoms with van der Waals surface area (Å²) in [6.45, 7) is 1.57. The molecule has 1 saturated carbocycles. The summed E-state index contributed by atoms with van der Waals surface area (Å²) in [4.78, 5) is 29.0. The van der Waals surface area contributed by atoms with Crippen LogP contribution in [0.15, 0.2) is 30.3 Å². The number of piperidine rings is 2. The molecule has 2 heterocycles. The molecule has 2 unspecified atom stereocenters. The lowest BCUT2D eigenvalue weighted by molar-refractivity contribution is -0.141. The zero-order chi connectivity index (χ0) is 15.1. The molecule has 3 fully saturated rings. The molecule has 116 valence electrons. The second kappa shape index (κ2) is 5.41. The van der Waals surface area contributed by atoms with E-state index in [1.165, 1.54) is 12.8 Å². The van der Waals surface area contributed by atoms with Crippen LogP contribution in [0, 0.1) is 5.92 Å². The van der Waals surface area contributed by atoms with Gasteiger partial charge in [-0.1, -0.05) is 18.2 Å². The van der Waals surface area contributed by atoms with Crippen molar-refractivity contribution in [1.29, 1.82) is 0 Å². The minimum atomic E-state index is 0.133. The van der Waals surface area contributed by atoms with E-state index >= 15 is 0 Å². The number of carbonyl (C=O) groups is 2. The molecular weight excluding hydrogens is 276 g/mol. The number of rotatable bonds is 2. The zero-order valence-electron chi connectivity index (χ0n) is 12.8. The van der Waals surface area contributed by atoms with Gasteiger partial charge in [0.15, 0.2) is 0 Å². The highest BCUT2D eigenvalue weighted by Gasteiger charge is 2.45. The van der Waals surface area contributed by atoms with Gasteiger partial charge in [-0.2, -0.15) is 0 Å². The SMILES string of the molecule is O=C(c1ccccc1)N1CCC2C(CCC(=O)N2C2CC2)C1. The fourth-order valence-corrected chi connectivity index (χ4v) is 4.07. The molecule has 2 aliphatic heterocycles. The van der Waals surface area contributed by atoms with Crippen LogP contribution in [0.3, 0.4) is 0 Å². The maximum Gasteiger partial charge on any atom is 0.253 e. The molecule has 2 amide bonds. The lowest BCUT2D eigenvalue weighted by Crippen LogP contribution is -2.57.